The van der Waals surface area contributed by atoms with E-state index in [0.717, 1.165) is 0 Å². The molecule has 0 aromatic carbocycles. The molecular formula is C4H9NO3. The van der Waals surface area contributed by atoms with Gasteiger partial charge in [0, 0.05) is 0 Å². The molecule has 0 aromatic rings. The van der Waals surface area contributed by atoms with Gasteiger partial charge >= 0.3 is 6.09 Å². The summed E-state index contributed by atoms with van der Waals surface area (Å²) in [6.45, 7) is 1.47. The van der Waals surface area contributed by atoms with Gasteiger partial charge in [-0.25, -0.2) is 4.79 Å². The van der Waals surface area contributed by atoms with Crippen molar-refractivity contribution in [1.82, 2.24) is 0 Å². The van der Waals surface area contributed by atoms with Crippen LogP contribution in [0.1, 0.15) is 6.92 Å². The molecule has 0 saturated heterocycles. The van der Waals surface area contributed by atoms with E-state index in [1.54, 1.807) is 0 Å². The van der Waals surface area contributed by atoms with Crippen LogP contribution >= 0.6 is 0 Å². The first-order valence-corrected chi connectivity index (χ1v) is 2.23. The normalized spacial score (nSPS) is 12.8. The van der Waals surface area contributed by atoms with Crippen LogP contribution < -0.4 is 5.73 Å². The molecule has 1 amide bonds. The van der Waals surface area contributed by atoms with E-state index >= 15 is 0 Å². The lowest BCUT2D eigenvalue weighted by Crippen LogP contribution is -2.19. The van der Waals surface area contributed by atoms with Gasteiger partial charge in [-0.2, -0.15) is 0 Å². The van der Waals surface area contributed by atoms with Crippen molar-refractivity contribution in [2.75, 3.05) is 6.61 Å². The molecule has 48 valence electrons. The lowest BCUT2D eigenvalue weighted by molar-refractivity contribution is 0.0833. The standard InChI is InChI=1S/C4H9NO3/c1-3(6)2-8-4(5)7/h3,6H,2H2,1H3,(H2,5,7)/t3-/m1/s1. The van der Waals surface area contributed by atoms with Crippen LogP contribution in [0.4, 0.5) is 4.79 Å². The van der Waals surface area contributed by atoms with E-state index in [2.05, 4.69) is 10.5 Å². The summed E-state index contributed by atoms with van der Waals surface area (Å²) < 4.78 is 4.19. The maximum Gasteiger partial charge on any atom is 0.404 e. The Hall–Kier alpha value is -0.770. The van der Waals surface area contributed by atoms with Crippen LogP contribution in [0.5, 0.6) is 0 Å². The van der Waals surface area contributed by atoms with Gasteiger partial charge in [0.05, 0.1) is 6.10 Å². The Morgan fingerprint density at radius 1 is 2.00 bits per heavy atom. The molecule has 4 heteroatoms. The monoisotopic (exact) mass is 119 g/mol. The molecule has 0 bridgehead atoms. The number of nitrogens with two attached hydrogens (primary N) is 1. The quantitative estimate of drug-likeness (QED) is 0.512. The van der Waals surface area contributed by atoms with Crippen LogP contribution in [-0.4, -0.2) is 23.9 Å². The topological polar surface area (TPSA) is 72.6 Å². The highest BCUT2D eigenvalue weighted by molar-refractivity contribution is 5.64. The van der Waals surface area contributed by atoms with Crippen molar-refractivity contribution in [3.05, 3.63) is 0 Å². The molecule has 0 unspecified atom stereocenters. The van der Waals surface area contributed by atoms with Gasteiger partial charge in [-0.15, -0.1) is 0 Å². The van der Waals surface area contributed by atoms with E-state index in [-0.39, 0.29) is 6.61 Å². The summed E-state index contributed by atoms with van der Waals surface area (Å²) in [6, 6.07) is 0. The average molecular weight is 119 g/mol. The van der Waals surface area contributed by atoms with Gasteiger partial charge in [-0.05, 0) is 6.92 Å². The summed E-state index contributed by atoms with van der Waals surface area (Å²) >= 11 is 0. The molecular weight excluding hydrogens is 110 g/mol. The van der Waals surface area contributed by atoms with Gasteiger partial charge < -0.3 is 15.6 Å². The van der Waals surface area contributed by atoms with Gasteiger partial charge in [0.15, 0.2) is 0 Å². The largest absolute Gasteiger partial charge is 0.447 e. The smallest absolute Gasteiger partial charge is 0.404 e. The van der Waals surface area contributed by atoms with Crippen LogP contribution in [0.3, 0.4) is 0 Å². The number of hydrogen-bond donors (Lipinski definition) is 2. The summed E-state index contributed by atoms with van der Waals surface area (Å²) in [5, 5.41) is 8.47. The first-order chi connectivity index (χ1) is 3.63. The number of hydrogen-bond acceptors (Lipinski definition) is 3. The molecule has 0 aliphatic heterocycles. The van der Waals surface area contributed by atoms with Gasteiger partial charge in [0.25, 0.3) is 0 Å². The molecule has 0 aromatic heterocycles. The Morgan fingerprint density at radius 3 is 2.62 bits per heavy atom. The third-order valence-corrected chi connectivity index (χ3v) is 0.467. The number of rotatable bonds is 2. The molecule has 0 saturated carbocycles. The molecule has 0 fully saturated rings. The molecule has 0 spiro atoms. The molecule has 4 nitrogen and oxygen atoms in total. The van der Waals surface area contributed by atoms with Crippen LogP contribution in [-0.2, 0) is 4.74 Å². The van der Waals surface area contributed by atoms with Crippen molar-refractivity contribution in [2.24, 2.45) is 5.73 Å². The van der Waals surface area contributed by atoms with E-state index in [9.17, 15) is 4.79 Å². The third kappa shape index (κ3) is 5.23. The molecule has 0 radical (unpaired) electrons. The fraction of sp³-hybridized carbons (Fsp3) is 0.750. The second kappa shape index (κ2) is 3.26. The Balaban J connectivity index is 3.05. The maximum absolute atomic E-state index is 9.79. The zero-order valence-electron chi connectivity index (χ0n) is 4.63. The summed E-state index contributed by atoms with van der Waals surface area (Å²) in [6.07, 6.45) is -1.49. The van der Waals surface area contributed by atoms with Crippen molar-refractivity contribution in [2.45, 2.75) is 13.0 Å². The second-order valence-electron chi connectivity index (χ2n) is 1.48. The maximum atomic E-state index is 9.79. The minimum Gasteiger partial charge on any atom is -0.447 e. The lowest BCUT2D eigenvalue weighted by Gasteiger charge is -2.01. The highest BCUT2D eigenvalue weighted by atomic mass is 16.6. The van der Waals surface area contributed by atoms with Crippen molar-refractivity contribution < 1.29 is 14.6 Å². The van der Waals surface area contributed by atoms with Crippen LogP contribution in [0, 0.1) is 0 Å². The molecule has 1 atom stereocenters. The zero-order valence-corrected chi connectivity index (χ0v) is 4.63. The van der Waals surface area contributed by atoms with Crippen LogP contribution in [0.2, 0.25) is 0 Å². The van der Waals surface area contributed by atoms with Gasteiger partial charge in [0.1, 0.15) is 6.61 Å². The van der Waals surface area contributed by atoms with Gasteiger partial charge in [-0.3, -0.25) is 0 Å². The molecule has 8 heavy (non-hydrogen) atoms. The molecule has 0 rings (SSSR count). The first kappa shape index (κ1) is 7.23. The number of carbonyl (C=O) groups is 1. The van der Waals surface area contributed by atoms with Crippen molar-refractivity contribution >= 4 is 6.09 Å². The number of primary amides is 1. The summed E-state index contributed by atoms with van der Waals surface area (Å²) in [7, 11) is 0. The molecule has 3 N–H and O–H groups in total. The first-order valence-electron chi connectivity index (χ1n) is 2.23. The highest BCUT2D eigenvalue weighted by Crippen LogP contribution is 1.80. The Labute approximate surface area is 47.2 Å². The number of aliphatic hydroxyl groups excluding tert-OH is 1. The van der Waals surface area contributed by atoms with Crippen molar-refractivity contribution in [1.29, 1.82) is 0 Å². The summed E-state index contributed by atoms with van der Waals surface area (Å²) in [5.41, 5.74) is 4.57. The van der Waals surface area contributed by atoms with Crippen LogP contribution in [0.25, 0.3) is 0 Å². The van der Waals surface area contributed by atoms with Gasteiger partial charge in [0.2, 0.25) is 0 Å². The summed E-state index contributed by atoms with van der Waals surface area (Å²) in [4.78, 5) is 9.79. The third-order valence-electron chi connectivity index (χ3n) is 0.467. The number of amides is 1. The minimum atomic E-state index is -0.856. The molecule has 0 aliphatic carbocycles. The van der Waals surface area contributed by atoms with Crippen LogP contribution in [0.15, 0.2) is 0 Å². The average Bonchev–Trinajstić information content (AvgIpc) is 1.61. The predicted molar refractivity (Wildman–Crippen MR) is 27.2 cm³/mol. The second-order valence-corrected chi connectivity index (χ2v) is 1.48. The Bertz CT molecular complexity index is 81.4. The van der Waals surface area contributed by atoms with E-state index < -0.39 is 12.2 Å². The fourth-order valence-corrected chi connectivity index (χ4v) is 0.203. The lowest BCUT2D eigenvalue weighted by atomic mass is 10.5. The highest BCUT2D eigenvalue weighted by Gasteiger charge is 1.96. The Kier molecular flexibility index (Phi) is 2.95. The molecule has 0 heterocycles. The minimum absolute atomic E-state index is 0.0324. The predicted octanol–water partition coefficient (Wildman–Crippen LogP) is -0.537. The number of carbonyl (C=O) groups excluding carboxylic acids is 1. The SMILES string of the molecule is C[C@@H](O)COC(N)=O. The van der Waals surface area contributed by atoms with Crippen molar-refractivity contribution in [3.63, 3.8) is 0 Å². The molecule has 0 aliphatic rings. The summed E-state index contributed by atoms with van der Waals surface area (Å²) in [5.74, 6) is 0. The Morgan fingerprint density at radius 2 is 2.50 bits per heavy atom. The van der Waals surface area contributed by atoms with E-state index in [0.29, 0.717) is 0 Å². The number of ether oxygens (including phenoxy) is 1. The van der Waals surface area contributed by atoms with Gasteiger partial charge in [-0.1, -0.05) is 0 Å². The van der Waals surface area contributed by atoms with Crippen molar-refractivity contribution in [3.8, 4) is 0 Å². The van der Waals surface area contributed by atoms with E-state index in [1.165, 1.54) is 6.92 Å². The zero-order chi connectivity index (χ0) is 6.57. The van der Waals surface area contributed by atoms with E-state index in [4.69, 9.17) is 5.11 Å². The fourth-order valence-electron chi connectivity index (χ4n) is 0.203. The van der Waals surface area contributed by atoms with E-state index in [1.807, 2.05) is 0 Å². The number of aliphatic hydroxyl groups is 1.